The Hall–Kier alpha value is -1.33. The van der Waals surface area contributed by atoms with Crippen LogP contribution in [0.25, 0.3) is 11.1 Å². The van der Waals surface area contributed by atoms with Gasteiger partial charge >= 0.3 is 159 Å². The van der Waals surface area contributed by atoms with E-state index in [-0.39, 0.29) is 0 Å². The molecule has 124 valence electrons. The molecule has 3 aliphatic carbocycles. The Kier molecular flexibility index (Phi) is 4.30. The van der Waals surface area contributed by atoms with Crippen LogP contribution in [0.1, 0.15) is 46.9 Å². The minimum absolute atomic E-state index is 0.709. The van der Waals surface area contributed by atoms with Gasteiger partial charge in [-0.3, -0.25) is 0 Å². The molecule has 0 bridgehead atoms. The van der Waals surface area contributed by atoms with Crippen LogP contribution in [-0.2, 0) is 21.3 Å². The third-order valence-corrected chi connectivity index (χ3v) is 15.1. The van der Waals surface area contributed by atoms with Crippen molar-refractivity contribution in [1.82, 2.24) is 0 Å². The van der Waals surface area contributed by atoms with Crippen LogP contribution in [0.4, 0.5) is 0 Å². The Morgan fingerprint density at radius 3 is 1.84 bits per heavy atom. The molecule has 0 atom stereocenters. The molecule has 0 amide bonds. The summed E-state index contributed by atoms with van der Waals surface area (Å²) in [7, 11) is 0. The summed E-state index contributed by atoms with van der Waals surface area (Å²) in [6.07, 6.45) is 16.7. The van der Waals surface area contributed by atoms with E-state index >= 15 is 0 Å². The zero-order chi connectivity index (χ0) is 16.6. The van der Waals surface area contributed by atoms with Crippen molar-refractivity contribution >= 4 is 3.21 Å². The van der Waals surface area contributed by atoms with E-state index in [0.29, 0.717) is 3.63 Å². The van der Waals surface area contributed by atoms with E-state index in [1.165, 1.54) is 43.2 Å². The molecule has 1 fully saturated rings. The van der Waals surface area contributed by atoms with Gasteiger partial charge in [0.25, 0.3) is 0 Å². The van der Waals surface area contributed by atoms with Crippen molar-refractivity contribution in [3.8, 4) is 11.1 Å². The first-order valence-electron chi connectivity index (χ1n) is 9.68. The van der Waals surface area contributed by atoms with Crippen molar-refractivity contribution in [3.05, 3.63) is 84.0 Å². The van der Waals surface area contributed by atoms with Crippen molar-refractivity contribution in [3.63, 3.8) is 0 Å². The van der Waals surface area contributed by atoms with Crippen LogP contribution in [0.3, 0.4) is 0 Å². The van der Waals surface area contributed by atoms with E-state index in [1.54, 1.807) is 11.1 Å². The molecule has 25 heavy (non-hydrogen) atoms. The van der Waals surface area contributed by atoms with Gasteiger partial charge in [0.05, 0.1) is 0 Å². The molecular weight excluding hydrogens is 379 g/mol. The standard InChI is InChI=1S/C13H9.C6H10.C5H5.Zr/c1-3-7-12-10(5-1)9-11-6-2-4-8-13(11)12;1-2-4-6-5-3-1;1-2-4-5-3-1;/h1-9H;1-5H2;1-5H;. The number of hydrogen-bond donors (Lipinski definition) is 0. The van der Waals surface area contributed by atoms with E-state index < -0.39 is 21.3 Å². The molecule has 0 unspecified atom stereocenters. The molecular formula is C24H24Zr. The third-order valence-electron chi connectivity index (χ3n) is 6.12. The number of allylic oxidation sites excluding steroid dienone is 4. The molecule has 0 spiro atoms. The number of rotatable bonds is 2. The summed E-state index contributed by atoms with van der Waals surface area (Å²) < 4.78 is 3.46. The third kappa shape index (κ3) is 2.72. The van der Waals surface area contributed by atoms with Crippen molar-refractivity contribution in [2.75, 3.05) is 0 Å². The topological polar surface area (TPSA) is 0 Å². The molecule has 0 N–H and O–H groups in total. The van der Waals surface area contributed by atoms with Gasteiger partial charge in [-0.1, -0.05) is 0 Å². The summed E-state index contributed by atoms with van der Waals surface area (Å²) in [6, 6.07) is 18.5. The normalized spacial score (nSPS) is 19.3. The fourth-order valence-corrected chi connectivity index (χ4v) is 14.9. The quantitative estimate of drug-likeness (QED) is 0.542. The van der Waals surface area contributed by atoms with Crippen LogP contribution in [0.5, 0.6) is 0 Å². The maximum absolute atomic E-state index is 2.51. The Balaban J connectivity index is 1.74. The monoisotopic (exact) mass is 402 g/mol. The Morgan fingerprint density at radius 2 is 1.24 bits per heavy atom. The van der Waals surface area contributed by atoms with Gasteiger partial charge in [-0.15, -0.1) is 0 Å². The van der Waals surface area contributed by atoms with Gasteiger partial charge < -0.3 is 0 Å². The van der Waals surface area contributed by atoms with Crippen molar-refractivity contribution in [2.24, 2.45) is 0 Å². The number of fused-ring (bicyclic) bond motifs is 3. The van der Waals surface area contributed by atoms with Crippen LogP contribution in [0.2, 0.25) is 3.63 Å². The van der Waals surface area contributed by atoms with E-state index in [2.05, 4.69) is 72.8 Å². The molecule has 0 nitrogen and oxygen atoms in total. The molecule has 0 heterocycles. The summed E-state index contributed by atoms with van der Waals surface area (Å²) in [5.41, 5.74) is 6.27. The first kappa shape index (κ1) is 15.9. The molecule has 2 aromatic rings. The van der Waals surface area contributed by atoms with Gasteiger partial charge in [-0.2, -0.15) is 0 Å². The summed E-state index contributed by atoms with van der Waals surface area (Å²) in [6.45, 7) is 0. The van der Waals surface area contributed by atoms with Crippen LogP contribution in [0.15, 0.2) is 72.8 Å². The van der Waals surface area contributed by atoms with Gasteiger partial charge in [-0.25, -0.2) is 0 Å². The van der Waals surface area contributed by atoms with Crippen molar-refractivity contribution < 1.29 is 21.3 Å². The first-order chi connectivity index (χ1) is 12.4. The second-order valence-corrected chi connectivity index (χ2v) is 14.6. The van der Waals surface area contributed by atoms with Gasteiger partial charge in [0, 0.05) is 0 Å². The van der Waals surface area contributed by atoms with Gasteiger partial charge in [0.1, 0.15) is 0 Å². The molecule has 0 aromatic heterocycles. The zero-order valence-electron chi connectivity index (χ0n) is 14.6. The predicted molar refractivity (Wildman–Crippen MR) is 104 cm³/mol. The summed E-state index contributed by atoms with van der Waals surface area (Å²) in [5.74, 6) is 0. The second kappa shape index (κ2) is 6.77. The predicted octanol–water partition coefficient (Wildman–Crippen LogP) is 6.43. The van der Waals surface area contributed by atoms with Crippen LogP contribution in [-0.4, -0.2) is 3.21 Å². The molecule has 5 rings (SSSR count). The van der Waals surface area contributed by atoms with Crippen LogP contribution >= 0.6 is 0 Å². The van der Waals surface area contributed by atoms with Crippen molar-refractivity contribution in [2.45, 2.75) is 39.4 Å². The molecule has 1 saturated carbocycles. The van der Waals surface area contributed by atoms with Gasteiger partial charge in [0.15, 0.2) is 0 Å². The first-order valence-corrected chi connectivity index (χ1v) is 13.8. The second-order valence-electron chi connectivity index (χ2n) is 7.52. The van der Waals surface area contributed by atoms with Crippen LogP contribution < -0.4 is 0 Å². The van der Waals surface area contributed by atoms with Gasteiger partial charge in [-0.05, 0) is 0 Å². The molecule has 3 aliphatic rings. The molecule has 0 saturated heterocycles. The maximum atomic E-state index is 2.51. The summed E-state index contributed by atoms with van der Waals surface area (Å²) in [4.78, 5) is 0. The van der Waals surface area contributed by atoms with E-state index in [9.17, 15) is 0 Å². The minimum atomic E-state index is -1.88. The Morgan fingerprint density at radius 1 is 0.680 bits per heavy atom. The van der Waals surface area contributed by atoms with E-state index in [0.717, 1.165) is 3.63 Å². The molecule has 1 heteroatoms. The fourth-order valence-electron chi connectivity index (χ4n) is 5.03. The molecule has 0 aliphatic heterocycles. The zero-order valence-corrected chi connectivity index (χ0v) is 17.1. The Labute approximate surface area is 158 Å². The number of hydrogen-bond acceptors (Lipinski definition) is 0. The molecule has 2 aromatic carbocycles. The Bertz CT molecular complexity index is 834. The number of benzene rings is 2. The van der Waals surface area contributed by atoms with Gasteiger partial charge in [0.2, 0.25) is 0 Å². The van der Waals surface area contributed by atoms with E-state index in [4.69, 9.17) is 0 Å². The van der Waals surface area contributed by atoms with E-state index in [1.807, 2.05) is 3.21 Å². The van der Waals surface area contributed by atoms with Crippen LogP contribution in [0, 0.1) is 0 Å². The molecule has 0 radical (unpaired) electrons. The summed E-state index contributed by atoms with van der Waals surface area (Å²) >= 11 is -1.88. The average Bonchev–Trinajstić information content (AvgIpc) is 3.31. The fraction of sp³-hybridized carbons (Fsp3) is 0.292. The SMILES string of the molecule is C1=C[CH]([Zr](=[C]2CCCCC2)[CH]2c3ccccc3-c3ccccc32)C=C1. The van der Waals surface area contributed by atoms with Crippen molar-refractivity contribution in [1.29, 1.82) is 0 Å². The average molecular weight is 404 g/mol. The summed E-state index contributed by atoms with van der Waals surface area (Å²) in [5, 5.41) is 0.